The van der Waals surface area contributed by atoms with E-state index in [1.54, 1.807) is 6.07 Å². The van der Waals surface area contributed by atoms with Crippen molar-refractivity contribution in [1.82, 2.24) is 5.32 Å². The molecule has 1 rings (SSSR count). The molecule has 0 aliphatic heterocycles. The summed E-state index contributed by atoms with van der Waals surface area (Å²) < 4.78 is 0. The normalized spacial score (nSPS) is 13.0. The number of benzene rings is 1. The highest BCUT2D eigenvalue weighted by Gasteiger charge is 2.14. The number of aliphatic hydroxyl groups is 1. The molecule has 1 aromatic rings. The lowest BCUT2D eigenvalue weighted by Gasteiger charge is -2.22. The van der Waals surface area contributed by atoms with Gasteiger partial charge < -0.3 is 15.5 Å². The molecule has 0 aliphatic rings. The molecule has 18 heavy (non-hydrogen) atoms. The number of hydrogen-bond donors (Lipinski definition) is 3. The summed E-state index contributed by atoms with van der Waals surface area (Å²) >= 11 is 11.8. The summed E-state index contributed by atoms with van der Waals surface area (Å²) in [6.45, 7) is 4.77. The van der Waals surface area contributed by atoms with Crippen LogP contribution in [0.4, 0.5) is 0 Å². The van der Waals surface area contributed by atoms with Crippen LogP contribution in [0.5, 0.6) is 5.75 Å². The van der Waals surface area contributed by atoms with Gasteiger partial charge in [0.2, 0.25) is 0 Å². The Bertz CT molecular complexity index is 397. The quantitative estimate of drug-likeness (QED) is 0.754. The van der Waals surface area contributed by atoms with Crippen molar-refractivity contribution in [2.75, 3.05) is 6.61 Å². The molecule has 0 aromatic heterocycles. The van der Waals surface area contributed by atoms with Gasteiger partial charge in [-0.25, -0.2) is 0 Å². The van der Waals surface area contributed by atoms with Gasteiger partial charge in [0.25, 0.3) is 0 Å². The molecule has 102 valence electrons. The molecule has 0 aliphatic carbocycles. The summed E-state index contributed by atoms with van der Waals surface area (Å²) in [5.74, 6) is 0.453. The van der Waals surface area contributed by atoms with Crippen LogP contribution in [0.1, 0.15) is 25.8 Å². The zero-order valence-electron chi connectivity index (χ0n) is 10.6. The van der Waals surface area contributed by atoms with Crippen molar-refractivity contribution >= 4 is 23.2 Å². The molecule has 0 spiro atoms. The van der Waals surface area contributed by atoms with E-state index in [1.165, 1.54) is 6.07 Å². The Balaban J connectivity index is 2.73. The van der Waals surface area contributed by atoms with Crippen molar-refractivity contribution in [3.63, 3.8) is 0 Å². The molecule has 3 nitrogen and oxygen atoms in total. The van der Waals surface area contributed by atoms with E-state index in [4.69, 9.17) is 28.3 Å². The third-order valence-electron chi connectivity index (χ3n) is 2.91. The molecule has 1 unspecified atom stereocenters. The average Bonchev–Trinajstić information content (AvgIpc) is 2.29. The largest absolute Gasteiger partial charge is 0.506 e. The van der Waals surface area contributed by atoms with E-state index in [2.05, 4.69) is 19.2 Å². The topological polar surface area (TPSA) is 52.5 Å². The van der Waals surface area contributed by atoms with E-state index < -0.39 is 0 Å². The standard InChI is InChI=1S/C13H19Cl2NO2/c1-8(2)12(3-4-17)16-7-9-5-10(14)6-11(15)13(9)18/h5-6,8,12,16-18H,3-4,7H2,1-2H3. The van der Waals surface area contributed by atoms with Crippen molar-refractivity contribution in [2.45, 2.75) is 32.9 Å². The van der Waals surface area contributed by atoms with Gasteiger partial charge in [-0.05, 0) is 24.5 Å². The molecular weight excluding hydrogens is 273 g/mol. The number of phenols is 1. The average molecular weight is 292 g/mol. The predicted octanol–water partition coefficient (Wildman–Crippen LogP) is 3.20. The Morgan fingerprint density at radius 1 is 1.28 bits per heavy atom. The molecule has 0 bridgehead atoms. The number of nitrogens with one attached hydrogen (secondary N) is 1. The van der Waals surface area contributed by atoms with Crippen LogP contribution in [-0.2, 0) is 6.54 Å². The van der Waals surface area contributed by atoms with Crippen LogP contribution < -0.4 is 5.32 Å². The van der Waals surface area contributed by atoms with E-state index in [1.807, 2.05) is 0 Å². The minimum Gasteiger partial charge on any atom is -0.506 e. The van der Waals surface area contributed by atoms with Crippen molar-refractivity contribution in [2.24, 2.45) is 5.92 Å². The smallest absolute Gasteiger partial charge is 0.138 e. The zero-order valence-corrected chi connectivity index (χ0v) is 12.1. The van der Waals surface area contributed by atoms with Crippen molar-refractivity contribution < 1.29 is 10.2 Å². The minimum atomic E-state index is 0.0556. The van der Waals surface area contributed by atoms with Crippen LogP contribution in [0, 0.1) is 5.92 Å². The summed E-state index contributed by atoms with van der Waals surface area (Å²) in [7, 11) is 0. The number of phenolic OH excluding ortho intramolecular Hbond substituents is 1. The molecule has 0 radical (unpaired) electrons. The minimum absolute atomic E-state index is 0.0556. The van der Waals surface area contributed by atoms with Gasteiger partial charge in [-0.3, -0.25) is 0 Å². The van der Waals surface area contributed by atoms with Gasteiger partial charge in [0.05, 0.1) is 5.02 Å². The highest BCUT2D eigenvalue weighted by molar-refractivity contribution is 6.35. The van der Waals surface area contributed by atoms with E-state index in [0.717, 1.165) is 0 Å². The maximum Gasteiger partial charge on any atom is 0.138 e. The van der Waals surface area contributed by atoms with E-state index in [9.17, 15) is 5.11 Å². The second kappa shape index (κ2) is 7.19. The van der Waals surface area contributed by atoms with Crippen molar-refractivity contribution in [1.29, 1.82) is 0 Å². The van der Waals surface area contributed by atoms with Crippen molar-refractivity contribution in [3.05, 3.63) is 27.7 Å². The number of aromatic hydroxyl groups is 1. The molecule has 3 N–H and O–H groups in total. The molecule has 0 fully saturated rings. The Morgan fingerprint density at radius 2 is 1.94 bits per heavy atom. The first-order chi connectivity index (χ1) is 8.45. The second-order valence-electron chi connectivity index (χ2n) is 4.64. The molecule has 1 atom stereocenters. The lowest BCUT2D eigenvalue weighted by molar-refractivity contribution is 0.243. The summed E-state index contributed by atoms with van der Waals surface area (Å²) in [5, 5.41) is 22.9. The second-order valence-corrected chi connectivity index (χ2v) is 5.48. The van der Waals surface area contributed by atoms with Crippen LogP contribution in [0.25, 0.3) is 0 Å². The SMILES string of the molecule is CC(C)C(CCO)NCc1cc(Cl)cc(Cl)c1O. The summed E-state index contributed by atoms with van der Waals surface area (Å²) in [5.41, 5.74) is 0.663. The van der Waals surface area contributed by atoms with Crippen LogP contribution in [0.3, 0.4) is 0 Å². The number of hydrogen-bond acceptors (Lipinski definition) is 3. The monoisotopic (exact) mass is 291 g/mol. The van der Waals surface area contributed by atoms with Gasteiger partial charge in [-0.2, -0.15) is 0 Å². The van der Waals surface area contributed by atoms with Gasteiger partial charge in [0.15, 0.2) is 0 Å². The predicted molar refractivity (Wildman–Crippen MR) is 75.3 cm³/mol. The third kappa shape index (κ3) is 4.32. The van der Waals surface area contributed by atoms with Crippen LogP contribution in [-0.4, -0.2) is 22.9 Å². The van der Waals surface area contributed by atoms with Crippen LogP contribution in [0.2, 0.25) is 10.0 Å². The first-order valence-corrected chi connectivity index (χ1v) is 6.72. The molecule has 0 heterocycles. The maximum atomic E-state index is 9.82. The van der Waals surface area contributed by atoms with E-state index in [0.29, 0.717) is 29.5 Å². The number of halogens is 2. The van der Waals surface area contributed by atoms with Crippen LogP contribution >= 0.6 is 23.2 Å². The fourth-order valence-electron chi connectivity index (χ4n) is 1.81. The van der Waals surface area contributed by atoms with Crippen LogP contribution in [0.15, 0.2) is 12.1 Å². The van der Waals surface area contributed by atoms with Gasteiger partial charge in [0.1, 0.15) is 5.75 Å². The van der Waals surface area contributed by atoms with Gasteiger partial charge in [0, 0.05) is 29.8 Å². The lowest BCUT2D eigenvalue weighted by Crippen LogP contribution is -2.34. The third-order valence-corrected chi connectivity index (χ3v) is 3.41. The van der Waals surface area contributed by atoms with E-state index in [-0.39, 0.29) is 23.4 Å². The molecule has 0 saturated carbocycles. The Hall–Kier alpha value is -0.480. The Kier molecular flexibility index (Phi) is 6.22. The highest BCUT2D eigenvalue weighted by Crippen LogP contribution is 2.31. The van der Waals surface area contributed by atoms with E-state index >= 15 is 0 Å². The van der Waals surface area contributed by atoms with Gasteiger partial charge in [-0.15, -0.1) is 0 Å². The maximum absolute atomic E-state index is 9.82. The fraction of sp³-hybridized carbons (Fsp3) is 0.538. The summed E-state index contributed by atoms with van der Waals surface area (Å²) in [6, 6.07) is 3.38. The molecule has 1 aromatic carbocycles. The highest BCUT2D eigenvalue weighted by atomic mass is 35.5. The Morgan fingerprint density at radius 3 is 2.50 bits per heavy atom. The Labute approximate surface area is 118 Å². The molecule has 5 heteroatoms. The molecule has 0 saturated heterocycles. The molecular formula is C13H19Cl2NO2. The fourth-order valence-corrected chi connectivity index (χ4v) is 2.34. The first kappa shape index (κ1) is 15.6. The lowest BCUT2D eigenvalue weighted by atomic mass is 10.0. The van der Waals surface area contributed by atoms with Gasteiger partial charge in [-0.1, -0.05) is 37.0 Å². The number of aliphatic hydroxyl groups excluding tert-OH is 1. The number of rotatable bonds is 6. The van der Waals surface area contributed by atoms with Crippen molar-refractivity contribution in [3.8, 4) is 5.75 Å². The first-order valence-electron chi connectivity index (χ1n) is 5.96. The summed E-state index contributed by atoms with van der Waals surface area (Å²) in [6.07, 6.45) is 0.673. The molecule has 0 amide bonds. The zero-order chi connectivity index (χ0) is 13.7. The van der Waals surface area contributed by atoms with Gasteiger partial charge >= 0.3 is 0 Å². The summed E-state index contributed by atoms with van der Waals surface area (Å²) in [4.78, 5) is 0.